The highest BCUT2D eigenvalue weighted by atomic mass is 19.1. The second kappa shape index (κ2) is 12.7. The highest BCUT2D eigenvalue weighted by molar-refractivity contribution is 6.05. The molecule has 47 heavy (non-hydrogen) atoms. The Balaban J connectivity index is 1.20. The predicted molar refractivity (Wildman–Crippen MR) is 175 cm³/mol. The predicted octanol–water partition coefficient (Wildman–Crippen LogP) is 3.98. The molecule has 5 heterocycles. The number of halogens is 1. The van der Waals surface area contributed by atoms with Crippen molar-refractivity contribution in [2.24, 2.45) is 7.05 Å². The third kappa shape index (κ3) is 5.96. The van der Waals surface area contributed by atoms with E-state index in [1.165, 1.54) is 0 Å². The summed E-state index contributed by atoms with van der Waals surface area (Å²) in [6.45, 7) is 3.59. The molecule has 5 aromatic rings. The van der Waals surface area contributed by atoms with E-state index in [1.807, 2.05) is 54.2 Å². The van der Waals surface area contributed by atoms with E-state index in [0.29, 0.717) is 73.7 Å². The molecule has 0 bridgehead atoms. The first-order chi connectivity index (χ1) is 22.9. The molecule has 2 amide bonds. The lowest BCUT2D eigenvalue weighted by Gasteiger charge is -2.34. The Bertz CT molecular complexity index is 1950. The fraction of sp³-hybridized carbons (Fsp3) is 0.324. The van der Waals surface area contributed by atoms with E-state index >= 15 is 4.39 Å². The highest BCUT2D eigenvalue weighted by Crippen LogP contribution is 2.40. The van der Waals surface area contributed by atoms with E-state index in [-0.39, 0.29) is 30.3 Å². The molecule has 2 aliphatic rings. The zero-order chi connectivity index (χ0) is 32.5. The molecule has 0 atom stereocenters. The summed E-state index contributed by atoms with van der Waals surface area (Å²) in [5.74, 6) is 0.839. The summed E-state index contributed by atoms with van der Waals surface area (Å²) in [5.41, 5.74) is 3.18. The van der Waals surface area contributed by atoms with Gasteiger partial charge in [-0.3, -0.25) is 14.3 Å². The lowest BCUT2D eigenvalue weighted by atomic mass is 9.93. The van der Waals surface area contributed by atoms with Crippen molar-refractivity contribution in [2.75, 3.05) is 51.3 Å². The third-order valence-corrected chi connectivity index (χ3v) is 8.94. The van der Waals surface area contributed by atoms with Gasteiger partial charge in [-0.2, -0.15) is 0 Å². The fourth-order valence-corrected chi connectivity index (χ4v) is 6.44. The fourth-order valence-electron chi connectivity index (χ4n) is 6.44. The van der Waals surface area contributed by atoms with Gasteiger partial charge in [0, 0.05) is 81.6 Å². The van der Waals surface area contributed by atoms with Gasteiger partial charge in [-0.25, -0.2) is 9.37 Å². The number of anilines is 1. The molecule has 2 aromatic carbocycles. The Morgan fingerprint density at radius 3 is 2.60 bits per heavy atom. The van der Waals surface area contributed by atoms with Crippen LogP contribution in [0.4, 0.5) is 10.2 Å². The smallest absolute Gasteiger partial charge is 0.270 e. The molecule has 0 aliphatic carbocycles. The SMILES string of the molecule is COc1ccccc1-c1cc(C2=CCCN(C(=O)CCn3ccnn3)C2)c(F)c2[nH]c(C(=O)N3CCN(c4cn(C)cn4)CC3)cc12. The number of rotatable bonds is 8. The third-order valence-electron chi connectivity index (χ3n) is 8.94. The molecule has 1 saturated heterocycles. The van der Waals surface area contributed by atoms with Crippen LogP contribution >= 0.6 is 0 Å². The first kappa shape index (κ1) is 30.2. The van der Waals surface area contributed by atoms with Crippen LogP contribution in [0.5, 0.6) is 5.75 Å². The van der Waals surface area contributed by atoms with E-state index in [4.69, 9.17) is 4.74 Å². The average molecular weight is 638 g/mol. The minimum atomic E-state index is -0.458. The number of amides is 2. The molecule has 3 aromatic heterocycles. The second-order valence-electron chi connectivity index (χ2n) is 11.9. The number of hydrogen-bond acceptors (Lipinski definition) is 7. The molecule has 1 N–H and O–H groups in total. The van der Waals surface area contributed by atoms with Crippen LogP contribution in [0, 0.1) is 5.82 Å². The van der Waals surface area contributed by atoms with Crippen molar-refractivity contribution in [3.05, 3.63) is 84.5 Å². The minimum absolute atomic E-state index is 0.0339. The molecule has 0 unspecified atom stereocenters. The van der Waals surface area contributed by atoms with Gasteiger partial charge in [0.05, 0.1) is 31.7 Å². The number of piperazine rings is 1. The van der Waals surface area contributed by atoms with Crippen molar-refractivity contribution >= 4 is 34.1 Å². The maximum absolute atomic E-state index is 16.6. The number of ether oxygens (including phenoxy) is 1. The largest absolute Gasteiger partial charge is 0.496 e. The maximum atomic E-state index is 16.6. The zero-order valence-electron chi connectivity index (χ0n) is 26.4. The van der Waals surface area contributed by atoms with Gasteiger partial charge in [-0.05, 0) is 35.8 Å². The Morgan fingerprint density at radius 2 is 1.85 bits per heavy atom. The van der Waals surface area contributed by atoms with Crippen LogP contribution in [0.1, 0.15) is 28.9 Å². The maximum Gasteiger partial charge on any atom is 0.270 e. The van der Waals surface area contributed by atoms with Crippen LogP contribution in [0.15, 0.2) is 67.4 Å². The molecule has 7 rings (SSSR count). The number of hydrogen-bond donors (Lipinski definition) is 1. The molecule has 0 spiro atoms. The van der Waals surface area contributed by atoms with Crippen LogP contribution in [0.3, 0.4) is 0 Å². The lowest BCUT2D eigenvalue weighted by Crippen LogP contribution is -2.49. The van der Waals surface area contributed by atoms with E-state index in [0.717, 1.165) is 16.9 Å². The number of nitrogens with zero attached hydrogens (tertiary/aromatic N) is 8. The summed E-state index contributed by atoms with van der Waals surface area (Å²) in [5, 5.41) is 8.32. The first-order valence-corrected chi connectivity index (χ1v) is 15.7. The van der Waals surface area contributed by atoms with Crippen molar-refractivity contribution in [3.8, 4) is 16.9 Å². The summed E-state index contributed by atoms with van der Waals surface area (Å²) in [6.07, 6.45) is 9.88. The number of fused-ring (bicyclic) bond motifs is 1. The van der Waals surface area contributed by atoms with Gasteiger partial charge >= 0.3 is 0 Å². The molecule has 13 heteroatoms. The number of aryl methyl sites for hydroxylation is 2. The number of methoxy groups -OCH3 is 1. The lowest BCUT2D eigenvalue weighted by molar-refractivity contribution is -0.131. The van der Waals surface area contributed by atoms with E-state index < -0.39 is 5.82 Å². The summed E-state index contributed by atoms with van der Waals surface area (Å²) in [7, 11) is 3.53. The van der Waals surface area contributed by atoms with Crippen molar-refractivity contribution in [1.82, 2.24) is 39.3 Å². The number of para-hydroxylation sites is 1. The molecule has 242 valence electrons. The Hall–Kier alpha value is -5.46. The first-order valence-electron chi connectivity index (χ1n) is 15.7. The van der Waals surface area contributed by atoms with Crippen molar-refractivity contribution < 1.29 is 18.7 Å². The summed E-state index contributed by atoms with van der Waals surface area (Å²) >= 11 is 0. The van der Waals surface area contributed by atoms with Crippen LogP contribution in [0.25, 0.3) is 27.6 Å². The van der Waals surface area contributed by atoms with E-state index in [9.17, 15) is 9.59 Å². The Labute approximate surface area is 271 Å². The number of benzene rings is 2. The number of H-pyrrole nitrogens is 1. The van der Waals surface area contributed by atoms with Gasteiger partial charge in [0.15, 0.2) is 5.82 Å². The number of aromatic amines is 1. The van der Waals surface area contributed by atoms with Gasteiger partial charge in [0.1, 0.15) is 17.3 Å². The molecular formula is C34H36FN9O3. The molecule has 2 aliphatic heterocycles. The van der Waals surface area contributed by atoms with Gasteiger partial charge in [0.2, 0.25) is 5.91 Å². The van der Waals surface area contributed by atoms with Crippen LogP contribution in [-0.2, 0) is 18.4 Å². The normalized spacial score (nSPS) is 15.3. The molecular weight excluding hydrogens is 601 g/mol. The minimum Gasteiger partial charge on any atom is -0.496 e. The van der Waals surface area contributed by atoms with E-state index in [1.54, 1.807) is 46.4 Å². The molecule has 1 fully saturated rings. The van der Waals surface area contributed by atoms with Gasteiger partial charge in [-0.15, -0.1) is 5.10 Å². The quantitative estimate of drug-likeness (QED) is 0.274. The standard InChI is InChI=1S/C34H36FN9O3/c1-40-21-30(36-22-40)41-14-16-42(17-15-41)34(46)28-19-27-26(24-7-3-4-8-29(24)47-2)18-25(32(35)33(27)38-28)23-6-5-11-43(20-23)31(45)9-12-44-13-10-37-39-44/h3-4,6-8,10,13,18-19,21-22,38H,5,9,11-12,14-17,20H2,1-2H3. The summed E-state index contributed by atoms with van der Waals surface area (Å²) < 4.78 is 25.8. The Kier molecular flexibility index (Phi) is 8.19. The van der Waals surface area contributed by atoms with Crippen LogP contribution in [-0.4, -0.2) is 97.5 Å². The van der Waals surface area contributed by atoms with Crippen LogP contribution < -0.4 is 9.64 Å². The zero-order valence-corrected chi connectivity index (χ0v) is 26.4. The molecule has 0 saturated carbocycles. The summed E-state index contributed by atoms with van der Waals surface area (Å²) in [6, 6.07) is 11.1. The Morgan fingerprint density at radius 1 is 1.02 bits per heavy atom. The summed E-state index contributed by atoms with van der Waals surface area (Å²) in [4.78, 5) is 40.2. The van der Waals surface area contributed by atoms with Crippen molar-refractivity contribution in [2.45, 2.75) is 19.4 Å². The van der Waals surface area contributed by atoms with E-state index in [2.05, 4.69) is 25.2 Å². The number of carbonyl (C=O) groups is 2. The number of aromatic nitrogens is 6. The van der Waals surface area contributed by atoms with Gasteiger partial charge < -0.3 is 29.0 Å². The molecule has 0 radical (unpaired) electrons. The second-order valence-corrected chi connectivity index (χ2v) is 11.9. The van der Waals surface area contributed by atoms with Gasteiger partial charge in [0.25, 0.3) is 5.91 Å². The number of nitrogens with one attached hydrogen (secondary N) is 1. The van der Waals surface area contributed by atoms with Crippen molar-refractivity contribution in [1.29, 1.82) is 0 Å². The average Bonchev–Trinajstić information content (AvgIpc) is 3.89. The topological polar surface area (TPSA) is 117 Å². The van der Waals surface area contributed by atoms with Crippen molar-refractivity contribution in [3.63, 3.8) is 0 Å². The highest BCUT2D eigenvalue weighted by Gasteiger charge is 2.28. The monoisotopic (exact) mass is 637 g/mol. The number of imidazole rings is 1. The molecule has 12 nitrogen and oxygen atoms in total. The number of carbonyl (C=O) groups excluding carboxylic acids is 2. The van der Waals surface area contributed by atoms with Crippen LogP contribution in [0.2, 0.25) is 0 Å². The van der Waals surface area contributed by atoms with Gasteiger partial charge in [-0.1, -0.05) is 29.5 Å².